The van der Waals surface area contributed by atoms with E-state index >= 15 is 13.2 Å². The maximum Gasteiger partial charge on any atom is 0.355 e. The van der Waals surface area contributed by atoms with Gasteiger partial charge in [0.2, 0.25) is 0 Å². The quantitative estimate of drug-likeness (QED) is 0.0444. The third kappa shape index (κ3) is 16.0. The topological polar surface area (TPSA) is 270 Å². The van der Waals surface area contributed by atoms with Crippen molar-refractivity contribution in [2.75, 3.05) is 71.2 Å². The summed E-state index contributed by atoms with van der Waals surface area (Å²) in [4.78, 5) is 86.2. The van der Waals surface area contributed by atoms with Crippen molar-refractivity contribution in [2.45, 2.75) is 141 Å². The molecule has 3 aromatic carbocycles. The SMILES string of the molecule is Cc1ccnc(C(C)C)c1-n1c(=O)nc(N2C[C@H](C)C[C@H](C)C2)c2cc(F)c(-c3c(N)c(F)c(F)c(F)c3F)nc21.Cc1ccnc(C(C)C)c1-n1c(=O)nc(N2C[C@H](C)C[C@H](C)C2)c2cc(F)c(-c3c(N)c(F)c(F)c(F)c3F)nc21.Cc1ccnc(C(C)C)c1-n1c(=O)nc(N2C[C@H](C)C[C@H](C)C2)c2cc(F)c(-c3c(N)c(F)c(F)c(F)c3F)nc21. The molecule has 0 unspecified atom stereocenters. The van der Waals surface area contributed by atoms with E-state index in [1.54, 1.807) is 57.6 Å². The molecule has 9 aromatic heterocycles. The van der Waals surface area contributed by atoms with Crippen molar-refractivity contribution in [3.05, 3.63) is 207 Å². The van der Waals surface area contributed by atoms with Crippen molar-refractivity contribution in [2.24, 2.45) is 35.5 Å². The van der Waals surface area contributed by atoms with E-state index in [-0.39, 0.29) is 104 Å². The van der Waals surface area contributed by atoms with Crippen molar-refractivity contribution in [1.29, 1.82) is 0 Å². The second-order valence-corrected chi connectivity index (χ2v) is 33.5. The molecule has 6 atom stereocenters. The number of piperidine rings is 3. The van der Waals surface area contributed by atoms with Crippen LogP contribution in [0.1, 0.15) is 154 Å². The molecule has 0 amide bonds. The first-order valence-electron chi connectivity index (χ1n) is 39.8. The van der Waals surface area contributed by atoms with Crippen LogP contribution < -0.4 is 49.0 Å². The number of nitrogen functional groups attached to an aromatic ring is 3. The predicted molar refractivity (Wildman–Crippen MR) is 440 cm³/mol. The Balaban J connectivity index is 0.000000159. The summed E-state index contributed by atoms with van der Waals surface area (Å²) >= 11 is 0. The smallest absolute Gasteiger partial charge is 0.355 e. The van der Waals surface area contributed by atoms with Crippen molar-refractivity contribution < 1.29 is 65.9 Å². The number of benzene rings is 3. The molecule has 6 N–H and O–H groups in total. The number of hydrogen-bond donors (Lipinski definition) is 3. The van der Waals surface area contributed by atoms with Crippen molar-refractivity contribution >= 4 is 67.6 Å². The molecule has 0 radical (unpaired) electrons. The highest BCUT2D eigenvalue weighted by Gasteiger charge is 2.38. The molecular formula is C87H87F15N18O3. The Morgan fingerprint density at radius 2 is 0.537 bits per heavy atom. The normalized spacial score (nSPS) is 17.6. The van der Waals surface area contributed by atoms with Gasteiger partial charge in [0.1, 0.15) is 34.5 Å². The van der Waals surface area contributed by atoms with Gasteiger partial charge in [-0.2, -0.15) is 15.0 Å². The van der Waals surface area contributed by atoms with Crippen molar-refractivity contribution in [1.82, 2.24) is 58.6 Å². The van der Waals surface area contributed by atoms with E-state index in [2.05, 4.69) is 86.4 Å². The zero-order chi connectivity index (χ0) is 89.7. The molecule has 0 spiro atoms. The Morgan fingerprint density at radius 3 is 0.748 bits per heavy atom. The predicted octanol–water partition coefficient (Wildman–Crippen LogP) is 18.1. The average molecular weight is 1720 g/mol. The van der Waals surface area contributed by atoms with E-state index in [0.717, 1.165) is 51.2 Å². The molecule has 0 saturated carbocycles. The summed E-state index contributed by atoms with van der Waals surface area (Å²) in [5, 5.41) is 0.353. The van der Waals surface area contributed by atoms with Gasteiger partial charge in [0.05, 0.1) is 84.1 Å². The summed E-state index contributed by atoms with van der Waals surface area (Å²) in [5.41, 5.74) is 9.15. The van der Waals surface area contributed by atoms with E-state index in [1.807, 2.05) is 56.2 Å². The second kappa shape index (κ2) is 34.2. The first-order valence-corrected chi connectivity index (χ1v) is 39.8. The molecule has 3 aliphatic rings. The number of hydrogen-bond acceptors (Lipinski definition) is 18. The Morgan fingerprint density at radius 1 is 0.325 bits per heavy atom. The van der Waals surface area contributed by atoms with Gasteiger partial charge >= 0.3 is 17.1 Å². The first kappa shape index (κ1) is 88.5. The molecule has 0 aliphatic carbocycles. The third-order valence-electron chi connectivity index (χ3n) is 22.3. The zero-order valence-corrected chi connectivity index (χ0v) is 69.6. The van der Waals surface area contributed by atoms with Gasteiger partial charge in [-0.3, -0.25) is 15.0 Å². The lowest BCUT2D eigenvalue weighted by atomic mass is 9.92. The number of rotatable bonds is 12. The van der Waals surface area contributed by atoms with Crippen LogP contribution >= 0.6 is 0 Å². The van der Waals surface area contributed by atoms with Crippen LogP contribution in [0, 0.1) is 144 Å². The van der Waals surface area contributed by atoms with Crippen LogP contribution in [0.15, 0.2) is 69.4 Å². The summed E-state index contributed by atoms with van der Waals surface area (Å²) < 4.78 is 223. The van der Waals surface area contributed by atoms with Crippen LogP contribution in [0.3, 0.4) is 0 Å². The van der Waals surface area contributed by atoms with Gasteiger partial charge in [0.25, 0.3) is 0 Å². The largest absolute Gasteiger partial charge is 0.396 e. The number of aromatic nitrogens is 12. The maximum atomic E-state index is 15.8. The number of fused-ring (bicyclic) bond motifs is 3. The summed E-state index contributed by atoms with van der Waals surface area (Å²) in [6.45, 7) is 32.0. The van der Waals surface area contributed by atoms with Gasteiger partial charge in [-0.15, -0.1) is 0 Å². The van der Waals surface area contributed by atoms with E-state index < -0.39 is 155 Å². The summed E-state index contributed by atoms with van der Waals surface area (Å²) in [6.07, 6.45) is 7.61. The number of nitrogens with two attached hydrogens (primary N) is 3. The molecule has 21 nitrogen and oxygen atoms in total. The molecule has 123 heavy (non-hydrogen) atoms. The van der Waals surface area contributed by atoms with Gasteiger partial charge in [0.15, 0.2) is 104 Å². The highest BCUT2D eigenvalue weighted by atomic mass is 19.2. The Hall–Kier alpha value is -12.3. The van der Waals surface area contributed by atoms with Gasteiger partial charge in [0, 0.05) is 57.9 Å². The fourth-order valence-corrected chi connectivity index (χ4v) is 17.2. The molecule has 15 rings (SSSR count). The molecule has 36 heteroatoms. The number of pyridine rings is 6. The summed E-state index contributed by atoms with van der Waals surface area (Å²) in [5.74, 6) is -26.3. The third-order valence-corrected chi connectivity index (χ3v) is 22.3. The fourth-order valence-electron chi connectivity index (χ4n) is 17.2. The minimum Gasteiger partial charge on any atom is -0.396 e. The monoisotopic (exact) mass is 1720 g/mol. The molecule has 12 aromatic rings. The lowest BCUT2D eigenvalue weighted by Crippen LogP contribution is -2.41. The summed E-state index contributed by atoms with van der Waals surface area (Å²) in [6, 6.07) is 7.98. The number of anilines is 6. The Kier molecular flexibility index (Phi) is 24.6. The van der Waals surface area contributed by atoms with Crippen molar-refractivity contribution in [3.8, 4) is 50.8 Å². The molecular weight excluding hydrogens is 1630 g/mol. The molecule has 12 heterocycles. The Bertz CT molecular complexity index is 5760. The van der Waals surface area contributed by atoms with Crippen LogP contribution in [0.2, 0.25) is 0 Å². The molecule has 3 aliphatic heterocycles. The standard InChI is InChI=1S/3C29H29F5N6O/c3*1-12(2)24-26(15(5)6-7-36-24)40-28-16(27(38-29(40)41)39-10-13(3)8-14(4)11-39)9-17(30)25(37-28)18-19(31)20(32)21(33)22(34)23(18)35/h3*6-7,9,12-14H,8,10-11,35H2,1-5H3/t3*13-,14+. The van der Waals surface area contributed by atoms with Gasteiger partial charge in [-0.25, -0.2) is 109 Å². The average Bonchev–Trinajstić information content (AvgIpc) is 0.738. The Labute approximate surface area is 695 Å². The van der Waals surface area contributed by atoms with Gasteiger partial charge in [-0.1, -0.05) is 83.1 Å². The minimum atomic E-state index is -2.16. The molecule has 3 fully saturated rings. The second-order valence-electron chi connectivity index (χ2n) is 33.5. The molecule has 0 bridgehead atoms. The van der Waals surface area contributed by atoms with E-state index in [4.69, 9.17) is 17.2 Å². The van der Waals surface area contributed by atoms with E-state index in [9.17, 15) is 67.1 Å². The van der Waals surface area contributed by atoms with E-state index in [0.29, 0.717) is 90.1 Å². The van der Waals surface area contributed by atoms with Gasteiger partial charge < -0.3 is 31.9 Å². The highest BCUT2D eigenvalue weighted by Crippen LogP contribution is 2.44. The molecule has 648 valence electrons. The maximum absolute atomic E-state index is 15.8. The van der Waals surface area contributed by atoms with Crippen molar-refractivity contribution in [3.63, 3.8) is 0 Å². The van der Waals surface area contributed by atoms with Gasteiger partial charge in [-0.05, 0) is 146 Å². The lowest BCUT2D eigenvalue weighted by Gasteiger charge is -2.36. The zero-order valence-electron chi connectivity index (χ0n) is 69.6. The number of nitrogens with zero attached hydrogens (tertiary/aromatic N) is 15. The highest BCUT2D eigenvalue weighted by molar-refractivity contribution is 5.95. The molecule has 3 saturated heterocycles. The van der Waals surface area contributed by atoms with Crippen LogP contribution in [0.4, 0.5) is 100 Å². The number of aryl methyl sites for hydroxylation is 3. The van der Waals surface area contributed by atoms with Crippen LogP contribution in [0.5, 0.6) is 0 Å². The number of halogens is 15. The fraction of sp³-hybridized carbons (Fsp3) is 0.379. The van der Waals surface area contributed by atoms with Crippen LogP contribution in [0.25, 0.3) is 83.9 Å². The van der Waals surface area contributed by atoms with Crippen LogP contribution in [-0.4, -0.2) is 97.8 Å². The minimum absolute atomic E-state index is 0.118. The van der Waals surface area contributed by atoms with Crippen LogP contribution in [-0.2, 0) is 0 Å². The first-order chi connectivity index (χ1) is 57.9. The lowest BCUT2D eigenvalue weighted by molar-refractivity contribution is 0.355. The van der Waals surface area contributed by atoms with E-state index in [1.165, 1.54) is 0 Å². The summed E-state index contributed by atoms with van der Waals surface area (Å²) in [7, 11) is 0.